The lowest BCUT2D eigenvalue weighted by molar-refractivity contribution is 0.0375. The van der Waals surface area contributed by atoms with Crippen LogP contribution in [0.4, 0.5) is 5.69 Å². The minimum absolute atomic E-state index is 0.865. The zero-order valence-electron chi connectivity index (χ0n) is 9.69. The molecule has 2 N–H and O–H groups in total. The minimum Gasteiger partial charge on any atom is -0.399 e. The molecule has 0 radical (unpaired) electrons. The predicted molar refractivity (Wildman–Crippen MR) is 66.4 cm³/mol. The van der Waals surface area contributed by atoms with Gasteiger partial charge < -0.3 is 10.5 Å². The van der Waals surface area contributed by atoms with Crippen molar-refractivity contribution >= 4 is 5.69 Å². The molecule has 1 aromatic carbocycles. The highest BCUT2D eigenvalue weighted by atomic mass is 16.5. The lowest BCUT2D eigenvalue weighted by Crippen LogP contribution is -2.36. The van der Waals surface area contributed by atoms with Crippen LogP contribution in [0.1, 0.15) is 12.0 Å². The molecule has 3 heteroatoms. The maximum atomic E-state index is 5.75. The van der Waals surface area contributed by atoms with Crippen molar-refractivity contribution in [3.63, 3.8) is 0 Å². The van der Waals surface area contributed by atoms with Crippen molar-refractivity contribution in [1.82, 2.24) is 4.90 Å². The molecule has 2 rings (SSSR count). The first-order valence-electron chi connectivity index (χ1n) is 5.99. The zero-order valence-corrected chi connectivity index (χ0v) is 9.69. The first-order chi connectivity index (χ1) is 7.84. The van der Waals surface area contributed by atoms with E-state index in [0.29, 0.717) is 0 Å². The van der Waals surface area contributed by atoms with Gasteiger partial charge in [-0.05, 0) is 37.1 Å². The maximum absolute atomic E-state index is 5.75. The standard InChI is InChI=1S/C13H20N2O/c14-13-5-1-3-12(11-13)4-2-6-15-7-9-16-10-8-15/h1,3,5,11H,2,4,6-10,14H2. The number of nitrogens with zero attached hydrogens (tertiary/aromatic N) is 1. The van der Waals surface area contributed by atoms with Crippen molar-refractivity contribution in [2.45, 2.75) is 12.8 Å². The second-order valence-electron chi connectivity index (χ2n) is 4.30. The average Bonchev–Trinajstić information content (AvgIpc) is 2.30. The molecule has 0 aliphatic carbocycles. The van der Waals surface area contributed by atoms with Crippen LogP contribution in [0.5, 0.6) is 0 Å². The Kier molecular flexibility index (Phi) is 4.19. The molecule has 1 fully saturated rings. The highest BCUT2D eigenvalue weighted by Gasteiger charge is 2.09. The van der Waals surface area contributed by atoms with E-state index in [4.69, 9.17) is 10.5 Å². The highest BCUT2D eigenvalue weighted by Crippen LogP contribution is 2.09. The Balaban J connectivity index is 1.71. The Morgan fingerprint density at radius 3 is 2.81 bits per heavy atom. The van der Waals surface area contributed by atoms with Crippen LogP contribution in [0.3, 0.4) is 0 Å². The van der Waals surface area contributed by atoms with Gasteiger partial charge in [0.15, 0.2) is 0 Å². The van der Waals surface area contributed by atoms with Gasteiger partial charge in [0, 0.05) is 18.8 Å². The Morgan fingerprint density at radius 2 is 2.06 bits per heavy atom. The van der Waals surface area contributed by atoms with Gasteiger partial charge in [-0.15, -0.1) is 0 Å². The average molecular weight is 220 g/mol. The van der Waals surface area contributed by atoms with Gasteiger partial charge in [-0.2, -0.15) is 0 Å². The van der Waals surface area contributed by atoms with E-state index >= 15 is 0 Å². The van der Waals surface area contributed by atoms with E-state index in [1.165, 1.54) is 12.0 Å². The summed E-state index contributed by atoms with van der Waals surface area (Å²) in [5.74, 6) is 0. The van der Waals surface area contributed by atoms with Crippen LogP contribution in [0.2, 0.25) is 0 Å². The highest BCUT2D eigenvalue weighted by molar-refractivity contribution is 5.40. The molecule has 0 spiro atoms. The molecule has 0 aromatic heterocycles. The normalized spacial score (nSPS) is 17.5. The molecule has 1 heterocycles. The number of anilines is 1. The summed E-state index contributed by atoms with van der Waals surface area (Å²) < 4.78 is 5.32. The van der Waals surface area contributed by atoms with Gasteiger partial charge in [0.25, 0.3) is 0 Å². The van der Waals surface area contributed by atoms with Gasteiger partial charge in [0.2, 0.25) is 0 Å². The van der Waals surface area contributed by atoms with Crippen LogP contribution in [0, 0.1) is 0 Å². The number of ether oxygens (including phenoxy) is 1. The molecular weight excluding hydrogens is 200 g/mol. The van der Waals surface area contributed by atoms with Crippen LogP contribution in [0.25, 0.3) is 0 Å². The summed E-state index contributed by atoms with van der Waals surface area (Å²) >= 11 is 0. The van der Waals surface area contributed by atoms with Crippen molar-refractivity contribution in [3.8, 4) is 0 Å². The largest absolute Gasteiger partial charge is 0.399 e. The van der Waals surface area contributed by atoms with Gasteiger partial charge in [0.05, 0.1) is 13.2 Å². The van der Waals surface area contributed by atoms with Crippen LogP contribution >= 0.6 is 0 Å². The molecule has 3 nitrogen and oxygen atoms in total. The minimum atomic E-state index is 0.865. The number of hydrogen-bond donors (Lipinski definition) is 1. The molecule has 1 aliphatic rings. The zero-order chi connectivity index (χ0) is 11.2. The fourth-order valence-corrected chi connectivity index (χ4v) is 2.08. The van der Waals surface area contributed by atoms with E-state index in [9.17, 15) is 0 Å². The number of morpholine rings is 1. The van der Waals surface area contributed by atoms with Crippen molar-refractivity contribution in [3.05, 3.63) is 29.8 Å². The van der Waals surface area contributed by atoms with E-state index in [1.54, 1.807) is 0 Å². The van der Waals surface area contributed by atoms with E-state index in [-0.39, 0.29) is 0 Å². The quantitative estimate of drug-likeness (QED) is 0.782. The van der Waals surface area contributed by atoms with Crippen LogP contribution < -0.4 is 5.73 Å². The first-order valence-corrected chi connectivity index (χ1v) is 5.99. The van der Waals surface area contributed by atoms with Gasteiger partial charge >= 0.3 is 0 Å². The second-order valence-corrected chi connectivity index (χ2v) is 4.30. The van der Waals surface area contributed by atoms with E-state index in [2.05, 4.69) is 17.0 Å². The monoisotopic (exact) mass is 220 g/mol. The molecule has 0 amide bonds. The van der Waals surface area contributed by atoms with Crippen LogP contribution in [0.15, 0.2) is 24.3 Å². The Labute approximate surface area is 97.2 Å². The first kappa shape index (κ1) is 11.4. The lowest BCUT2D eigenvalue weighted by atomic mass is 10.1. The third-order valence-corrected chi connectivity index (χ3v) is 2.99. The van der Waals surface area contributed by atoms with Crippen molar-refractivity contribution in [2.75, 3.05) is 38.6 Å². The third kappa shape index (κ3) is 3.51. The Bertz CT molecular complexity index is 321. The van der Waals surface area contributed by atoms with Crippen molar-refractivity contribution < 1.29 is 4.74 Å². The number of nitrogens with two attached hydrogens (primary N) is 1. The summed E-state index contributed by atoms with van der Waals surface area (Å²) in [6.45, 7) is 5.10. The summed E-state index contributed by atoms with van der Waals surface area (Å²) in [5, 5.41) is 0. The smallest absolute Gasteiger partial charge is 0.0594 e. The maximum Gasteiger partial charge on any atom is 0.0594 e. The number of nitrogen functional groups attached to an aromatic ring is 1. The molecule has 88 valence electrons. The Hall–Kier alpha value is -1.06. The number of hydrogen-bond acceptors (Lipinski definition) is 3. The van der Waals surface area contributed by atoms with Crippen molar-refractivity contribution in [1.29, 1.82) is 0 Å². The number of benzene rings is 1. The Morgan fingerprint density at radius 1 is 1.25 bits per heavy atom. The fraction of sp³-hybridized carbons (Fsp3) is 0.538. The fourth-order valence-electron chi connectivity index (χ4n) is 2.08. The summed E-state index contributed by atoms with van der Waals surface area (Å²) in [6, 6.07) is 8.18. The second kappa shape index (κ2) is 5.87. The molecule has 16 heavy (non-hydrogen) atoms. The summed E-state index contributed by atoms with van der Waals surface area (Å²) in [7, 11) is 0. The lowest BCUT2D eigenvalue weighted by Gasteiger charge is -2.26. The molecular formula is C13H20N2O. The summed E-state index contributed by atoms with van der Waals surface area (Å²) in [6.07, 6.45) is 2.31. The molecule has 1 aliphatic heterocycles. The van der Waals surface area contributed by atoms with Gasteiger partial charge in [-0.1, -0.05) is 12.1 Å². The molecule has 0 atom stereocenters. The van der Waals surface area contributed by atoms with Gasteiger partial charge in [0.1, 0.15) is 0 Å². The topological polar surface area (TPSA) is 38.5 Å². The summed E-state index contributed by atoms with van der Waals surface area (Å²) in [5.41, 5.74) is 7.95. The van der Waals surface area contributed by atoms with Crippen LogP contribution in [-0.2, 0) is 11.2 Å². The van der Waals surface area contributed by atoms with Crippen LogP contribution in [-0.4, -0.2) is 37.7 Å². The predicted octanol–water partition coefficient (Wildman–Crippen LogP) is 1.53. The summed E-state index contributed by atoms with van der Waals surface area (Å²) in [4.78, 5) is 2.47. The van der Waals surface area contributed by atoms with E-state index < -0.39 is 0 Å². The molecule has 1 aromatic rings. The molecule has 0 unspecified atom stereocenters. The molecule has 1 saturated heterocycles. The van der Waals surface area contributed by atoms with E-state index in [1.807, 2.05) is 12.1 Å². The molecule has 0 saturated carbocycles. The third-order valence-electron chi connectivity index (χ3n) is 2.99. The number of rotatable bonds is 4. The van der Waals surface area contributed by atoms with E-state index in [0.717, 1.165) is 45.0 Å². The SMILES string of the molecule is Nc1cccc(CCCN2CCOCC2)c1. The van der Waals surface area contributed by atoms with Gasteiger partial charge in [-0.3, -0.25) is 4.90 Å². The van der Waals surface area contributed by atoms with Gasteiger partial charge in [-0.25, -0.2) is 0 Å². The number of aryl methyl sites for hydroxylation is 1. The van der Waals surface area contributed by atoms with Crippen molar-refractivity contribution in [2.24, 2.45) is 0 Å². The molecule has 0 bridgehead atoms.